The minimum atomic E-state index is -0.553. The largest absolute Gasteiger partial charge is 0.464 e. The Hall–Kier alpha value is -1.06. The average Bonchev–Trinajstić information content (AvgIpc) is 2.38. The van der Waals surface area contributed by atoms with Crippen LogP contribution >= 0.6 is 0 Å². The highest BCUT2D eigenvalue weighted by Crippen LogP contribution is 2.39. The van der Waals surface area contributed by atoms with E-state index < -0.39 is 6.04 Å². The van der Waals surface area contributed by atoms with Gasteiger partial charge >= 0.3 is 5.97 Å². The zero-order valence-corrected chi connectivity index (χ0v) is 13.5. The first-order chi connectivity index (χ1) is 9.25. The van der Waals surface area contributed by atoms with E-state index in [1.807, 2.05) is 0 Å². The third kappa shape index (κ3) is 4.80. The lowest BCUT2D eigenvalue weighted by atomic mass is 9.69. The summed E-state index contributed by atoms with van der Waals surface area (Å²) in [5, 5.41) is 2.77. The van der Waals surface area contributed by atoms with Gasteiger partial charge in [0.1, 0.15) is 6.04 Å². The van der Waals surface area contributed by atoms with Crippen LogP contribution in [0.5, 0.6) is 0 Å². The van der Waals surface area contributed by atoms with Gasteiger partial charge in [0.15, 0.2) is 0 Å². The van der Waals surface area contributed by atoms with Gasteiger partial charge in [0, 0.05) is 5.92 Å². The molecule has 1 saturated carbocycles. The predicted octanol–water partition coefficient (Wildman–Crippen LogP) is 2.91. The highest BCUT2D eigenvalue weighted by atomic mass is 16.5. The molecule has 0 saturated heterocycles. The highest BCUT2D eigenvalue weighted by Gasteiger charge is 2.33. The molecule has 1 aliphatic carbocycles. The summed E-state index contributed by atoms with van der Waals surface area (Å²) in [6.45, 7) is 10.6. The minimum Gasteiger partial charge on any atom is -0.464 e. The number of ether oxygens (including phenoxy) is 1. The van der Waals surface area contributed by atoms with E-state index in [9.17, 15) is 9.59 Å². The molecule has 4 heteroatoms. The molecule has 1 rings (SSSR count). The smallest absolute Gasteiger partial charge is 0.328 e. The lowest BCUT2D eigenvalue weighted by molar-refractivity contribution is -0.147. The van der Waals surface area contributed by atoms with Crippen molar-refractivity contribution >= 4 is 11.9 Å². The monoisotopic (exact) mass is 283 g/mol. The lowest BCUT2D eigenvalue weighted by Gasteiger charge is -2.36. The van der Waals surface area contributed by atoms with E-state index in [0.717, 1.165) is 25.7 Å². The van der Waals surface area contributed by atoms with Gasteiger partial charge in [0.2, 0.25) is 5.91 Å². The van der Waals surface area contributed by atoms with Crippen molar-refractivity contribution in [1.29, 1.82) is 0 Å². The summed E-state index contributed by atoms with van der Waals surface area (Å²) in [7, 11) is 0. The molecule has 1 amide bonds. The fourth-order valence-corrected chi connectivity index (χ4v) is 2.88. The maximum absolute atomic E-state index is 12.2. The van der Waals surface area contributed by atoms with Crippen LogP contribution in [0.15, 0.2) is 0 Å². The number of rotatable bonds is 4. The van der Waals surface area contributed by atoms with Crippen molar-refractivity contribution in [3.05, 3.63) is 0 Å². The van der Waals surface area contributed by atoms with Crippen molar-refractivity contribution in [3.63, 3.8) is 0 Å². The third-order valence-electron chi connectivity index (χ3n) is 4.32. The standard InChI is InChI=1S/C16H29NO3/c1-6-20-15(19)11(2)17-14(18)12-7-9-13(10-8-12)16(3,4)5/h11-13H,6-10H2,1-5H3,(H,17,18). The van der Waals surface area contributed by atoms with Crippen molar-refractivity contribution in [2.75, 3.05) is 6.61 Å². The SMILES string of the molecule is CCOC(=O)C(C)NC(=O)C1CCC(C(C)(C)C)CC1. The van der Waals surface area contributed by atoms with Gasteiger partial charge < -0.3 is 10.1 Å². The van der Waals surface area contributed by atoms with Crippen LogP contribution in [0.25, 0.3) is 0 Å². The summed E-state index contributed by atoms with van der Waals surface area (Å²) in [4.78, 5) is 23.7. The average molecular weight is 283 g/mol. The molecular weight excluding hydrogens is 254 g/mol. The van der Waals surface area contributed by atoms with Crippen LogP contribution in [0, 0.1) is 17.3 Å². The minimum absolute atomic E-state index is 0.00193. The Bertz CT molecular complexity index is 338. The Morgan fingerprint density at radius 1 is 1.20 bits per heavy atom. The third-order valence-corrected chi connectivity index (χ3v) is 4.32. The van der Waals surface area contributed by atoms with Crippen LogP contribution in [0.1, 0.15) is 60.3 Å². The zero-order valence-electron chi connectivity index (χ0n) is 13.5. The molecule has 1 aliphatic rings. The molecular formula is C16H29NO3. The molecule has 0 aliphatic heterocycles. The number of nitrogens with one attached hydrogen (secondary N) is 1. The first-order valence-corrected chi connectivity index (χ1v) is 7.72. The molecule has 0 aromatic heterocycles. The van der Waals surface area contributed by atoms with Crippen LogP contribution < -0.4 is 5.32 Å². The number of amides is 1. The molecule has 0 bridgehead atoms. The Kier molecular flexibility index (Phi) is 6.03. The first-order valence-electron chi connectivity index (χ1n) is 7.72. The zero-order chi connectivity index (χ0) is 15.3. The summed E-state index contributed by atoms with van der Waals surface area (Å²) in [6.07, 6.45) is 4.03. The quantitative estimate of drug-likeness (QED) is 0.807. The summed E-state index contributed by atoms with van der Waals surface area (Å²) in [5.74, 6) is 0.377. The first kappa shape index (κ1) is 17.0. The highest BCUT2D eigenvalue weighted by molar-refractivity contribution is 5.85. The van der Waals surface area contributed by atoms with E-state index in [1.165, 1.54) is 0 Å². The Morgan fingerprint density at radius 3 is 2.20 bits per heavy atom. The second kappa shape index (κ2) is 7.09. The van der Waals surface area contributed by atoms with Gasteiger partial charge in [-0.2, -0.15) is 0 Å². The Balaban J connectivity index is 2.41. The van der Waals surface area contributed by atoms with Crippen LogP contribution in [0.4, 0.5) is 0 Å². The van der Waals surface area contributed by atoms with Crippen LogP contribution in [0.3, 0.4) is 0 Å². The number of carbonyl (C=O) groups excluding carboxylic acids is 2. The van der Waals surface area contributed by atoms with Gasteiger partial charge in [0.05, 0.1) is 6.61 Å². The molecule has 1 fully saturated rings. The van der Waals surface area contributed by atoms with Crippen molar-refractivity contribution in [1.82, 2.24) is 5.32 Å². The predicted molar refractivity (Wildman–Crippen MR) is 79.1 cm³/mol. The van der Waals surface area contributed by atoms with Gasteiger partial charge in [-0.1, -0.05) is 20.8 Å². The van der Waals surface area contributed by atoms with E-state index in [-0.39, 0.29) is 17.8 Å². The molecule has 1 unspecified atom stereocenters. The van der Waals surface area contributed by atoms with Gasteiger partial charge in [0.25, 0.3) is 0 Å². The number of carbonyl (C=O) groups is 2. The van der Waals surface area contributed by atoms with Gasteiger partial charge in [-0.3, -0.25) is 4.79 Å². The summed E-state index contributed by atoms with van der Waals surface area (Å²) in [5.41, 5.74) is 0.319. The Labute approximate surface area is 122 Å². The fraction of sp³-hybridized carbons (Fsp3) is 0.875. The molecule has 1 atom stereocenters. The molecule has 0 radical (unpaired) electrons. The van der Waals surface area contributed by atoms with Crippen LogP contribution in [0.2, 0.25) is 0 Å². The number of esters is 1. The number of hydrogen-bond donors (Lipinski definition) is 1. The van der Waals surface area contributed by atoms with Crippen molar-refractivity contribution in [2.24, 2.45) is 17.3 Å². The van der Waals surface area contributed by atoms with Crippen molar-refractivity contribution < 1.29 is 14.3 Å². The van der Waals surface area contributed by atoms with E-state index in [1.54, 1.807) is 13.8 Å². The summed E-state index contributed by atoms with van der Waals surface area (Å²) in [6, 6.07) is -0.553. The summed E-state index contributed by atoms with van der Waals surface area (Å²) < 4.78 is 4.90. The lowest BCUT2D eigenvalue weighted by Crippen LogP contribution is -2.43. The molecule has 4 nitrogen and oxygen atoms in total. The van der Waals surface area contributed by atoms with Gasteiger partial charge in [-0.05, 0) is 50.9 Å². The second-order valence-corrected chi connectivity index (χ2v) is 6.90. The van der Waals surface area contributed by atoms with E-state index in [2.05, 4.69) is 26.1 Å². The second-order valence-electron chi connectivity index (χ2n) is 6.90. The molecule has 0 aromatic rings. The molecule has 1 N–H and O–H groups in total. The van der Waals surface area contributed by atoms with Crippen LogP contribution in [-0.2, 0) is 14.3 Å². The molecule has 0 spiro atoms. The summed E-state index contributed by atoms with van der Waals surface area (Å²) >= 11 is 0. The molecule has 0 heterocycles. The molecule has 0 aromatic carbocycles. The molecule has 20 heavy (non-hydrogen) atoms. The Morgan fingerprint density at radius 2 is 1.75 bits per heavy atom. The van der Waals surface area contributed by atoms with Gasteiger partial charge in [-0.25, -0.2) is 4.79 Å². The van der Waals surface area contributed by atoms with Crippen molar-refractivity contribution in [2.45, 2.75) is 66.3 Å². The van der Waals surface area contributed by atoms with E-state index in [0.29, 0.717) is 17.9 Å². The van der Waals surface area contributed by atoms with Crippen LogP contribution in [-0.4, -0.2) is 24.5 Å². The molecule has 116 valence electrons. The number of hydrogen-bond acceptors (Lipinski definition) is 3. The topological polar surface area (TPSA) is 55.4 Å². The maximum Gasteiger partial charge on any atom is 0.328 e. The fourth-order valence-electron chi connectivity index (χ4n) is 2.88. The van der Waals surface area contributed by atoms with Gasteiger partial charge in [-0.15, -0.1) is 0 Å². The maximum atomic E-state index is 12.2. The van der Waals surface area contributed by atoms with E-state index >= 15 is 0 Å². The van der Waals surface area contributed by atoms with E-state index in [4.69, 9.17) is 4.74 Å². The van der Waals surface area contributed by atoms with Crippen molar-refractivity contribution in [3.8, 4) is 0 Å². The normalized spacial score (nSPS) is 24.9.